The van der Waals surface area contributed by atoms with E-state index < -0.39 is 5.97 Å². The number of rotatable bonds is 9. The summed E-state index contributed by atoms with van der Waals surface area (Å²) in [6.45, 7) is 7.98. The van der Waals surface area contributed by atoms with Gasteiger partial charge in [0.05, 0.1) is 6.04 Å². The molecule has 0 saturated heterocycles. The third-order valence-electron chi connectivity index (χ3n) is 3.53. The van der Waals surface area contributed by atoms with Crippen LogP contribution in [0.4, 0.5) is 0 Å². The first kappa shape index (κ1) is 19.0. The van der Waals surface area contributed by atoms with Crippen molar-refractivity contribution >= 4 is 11.9 Å². The lowest BCUT2D eigenvalue weighted by atomic mass is 9.95. The molecule has 0 saturated carbocycles. The summed E-state index contributed by atoms with van der Waals surface area (Å²) in [4.78, 5) is 22.5. The van der Waals surface area contributed by atoms with E-state index in [0.29, 0.717) is 24.0 Å². The number of carboxylic acids is 1. The molecule has 23 heavy (non-hydrogen) atoms. The number of carboxylic acid groups (broad SMARTS) is 1. The van der Waals surface area contributed by atoms with Crippen LogP contribution in [0, 0.1) is 11.8 Å². The predicted octanol–water partition coefficient (Wildman–Crippen LogP) is 3.40. The highest BCUT2D eigenvalue weighted by atomic mass is 16.5. The Bertz CT molecular complexity index is 510. The van der Waals surface area contributed by atoms with Gasteiger partial charge in [-0.15, -0.1) is 0 Å². The van der Waals surface area contributed by atoms with Crippen LogP contribution in [0.25, 0.3) is 0 Å². The number of hydrogen-bond donors (Lipinski definition) is 2. The molecule has 0 fully saturated rings. The first-order valence-electron chi connectivity index (χ1n) is 8.01. The van der Waals surface area contributed by atoms with Crippen LogP contribution in [0.2, 0.25) is 0 Å². The summed E-state index contributed by atoms with van der Waals surface area (Å²) in [5, 5.41) is 11.6. The second kappa shape index (κ2) is 9.18. The minimum absolute atomic E-state index is 0.0526. The molecule has 5 nitrogen and oxygen atoms in total. The van der Waals surface area contributed by atoms with Gasteiger partial charge < -0.3 is 15.2 Å². The predicted molar refractivity (Wildman–Crippen MR) is 89.4 cm³/mol. The van der Waals surface area contributed by atoms with Gasteiger partial charge in [0.25, 0.3) is 0 Å². The Morgan fingerprint density at radius 1 is 1.13 bits per heavy atom. The van der Waals surface area contributed by atoms with Crippen molar-refractivity contribution in [3.05, 3.63) is 29.8 Å². The molecule has 2 unspecified atom stereocenters. The van der Waals surface area contributed by atoms with Crippen molar-refractivity contribution in [1.29, 1.82) is 0 Å². The average Bonchev–Trinajstić information content (AvgIpc) is 2.44. The second-order valence-electron chi connectivity index (χ2n) is 6.48. The van der Waals surface area contributed by atoms with Crippen molar-refractivity contribution in [2.45, 2.75) is 46.6 Å². The van der Waals surface area contributed by atoms with Crippen molar-refractivity contribution in [2.75, 3.05) is 6.61 Å². The van der Waals surface area contributed by atoms with Gasteiger partial charge >= 0.3 is 5.97 Å². The van der Waals surface area contributed by atoms with Crippen molar-refractivity contribution in [3.63, 3.8) is 0 Å². The van der Waals surface area contributed by atoms with Gasteiger partial charge in [-0.25, -0.2) is 4.79 Å². The number of nitrogens with one attached hydrogen (secondary N) is 1. The van der Waals surface area contributed by atoms with E-state index in [1.807, 2.05) is 19.1 Å². The van der Waals surface area contributed by atoms with Crippen LogP contribution < -0.4 is 10.1 Å². The molecule has 1 rings (SSSR count). The molecule has 5 heteroatoms. The Hall–Kier alpha value is -2.04. The topological polar surface area (TPSA) is 75.6 Å². The Morgan fingerprint density at radius 3 is 2.26 bits per heavy atom. The largest absolute Gasteiger partial charge is 0.482 e. The zero-order valence-electron chi connectivity index (χ0n) is 14.3. The van der Waals surface area contributed by atoms with E-state index >= 15 is 0 Å². The lowest BCUT2D eigenvalue weighted by molar-refractivity contribution is -0.139. The second-order valence-corrected chi connectivity index (χ2v) is 6.48. The Morgan fingerprint density at radius 2 is 1.74 bits per heavy atom. The van der Waals surface area contributed by atoms with Crippen LogP contribution in [-0.4, -0.2) is 23.6 Å². The van der Waals surface area contributed by atoms with Gasteiger partial charge in [-0.2, -0.15) is 0 Å². The van der Waals surface area contributed by atoms with Gasteiger partial charge in [-0.1, -0.05) is 32.9 Å². The van der Waals surface area contributed by atoms with E-state index in [4.69, 9.17) is 9.84 Å². The van der Waals surface area contributed by atoms with Gasteiger partial charge in [0.2, 0.25) is 5.91 Å². The molecule has 0 bridgehead atoms. The fourth-order valence-electron chi connectivity index (χ4n) is 2.59. The van der Waals surface area contributed by atoms with Gasteiger partial charge in [0.1, 0.15) is 5.75 Å². The summed E-state index contributed by atoms with van der Waals surface area (Å²) in [5.41, 5.74) is 0.956. The smallest absolute Gasteiger partial charge is 0.341 e. The first-order chi connectivity index (χ1) is 10.8. The van der Waals surface area contributed by atoms with Crippen molar-refractivity contribution in [3.8, 4) is 5.75 Å². The summed E-state index contributed by atoms with van der Waals surface area (Å²) >= 11 is 0. The van der Waals surface area contributed by atoms with Crippen LogP contribution in [0.3, 0.4) is 0 Å². The number of aliphatic carboxylic acids is 1. The number of amides is 1. The molecule has 0 heterocycles. The van der Waals surface area contributed by atoms with E-state index in [1.165, 1.54) is 0 Å². The van der Waals surface area contributed by atoms with E-state index in [2.05, 4.69) is 26.1 Å². The number of carbonyl (C=O) groups is 2. The van der Waals surface area contributed by atoms with Crippen molar-refractivity contribution < 1.29 is 19.4 Å². The van der Waals surface area contributed by atoms with Gasteiger partial charge in [-0.05, 0) is 42.9 Å². The third kappa shape index (κ3) is 7.68. The minimum Gasteiger partial charge on any atom is -0.482 e. The quantitative estimate of drug-likeness (QED) is 0.731. The van der Waals surface area contributed by atoms with Crippen LogP contribution >= 0.6 is 0 Å². The number of ether oxygens (including phenoxy) is 1. The molecule has 1 amide bonds. The number of benzene rings is 1. The maximum Gasteiger partial charge on any atom is 0.341 e. The highest BCUT2D eigenvalue weighted by Gasteiger charge is 2.14. The van der Waals surface area contributed by atoms with E-state index in [1.54, 1.807) is 12.1 Å². The van der Waals surface area contributed by atoms with E-state index in [0.717, 1.165) is 12.0 Å². The zero-order chi connectivity index (χ0) is 17.4. The zero-order valence-corrected chi connectivity index (χ0v) is 14.3. The Kier molecular flexibility index (Phi) is 7.59. The van der Waals surface area contributed by atoms with Gasteiger partial charge in [-0.3, -0.25) is 4.79 Å². The maximum absolute atomic E-state index is 12.1. The van der Waals surface area contributed by atoms with E-state index in [9.17, 15) is 9.59 Å². The summed E-state index contributed by atoms with van der Waals surface area (Å²) in [5.74, 6) is 0.505. The van der Waals surface area contributed by atoms with Crippen LogP contribution in [-0.2, 0) is 9.59 Å². The van der Waals surface area contributed by atoms with E-state index in [-0.39, 0.29) is 18.6 Å². The number of hydrogen-bond acceptors (Lipinski definition) is 3. The summed E-state index contributed by atoms with van der Waals surface area (Å²) in [6.07, 6.45) is 1.57. The van der Waals surface area contributed by atoms with Crippen LogP contribution in [0.5, 0.6) is 5.75 Å². The monoisotopic (exact) mass is 321 g/mol. The minimum atomic E-state index is -1.01. The molecule has 0 spiro atoms. The highest BCUT2D eigenvalue weighted by molar-refractivity contribution is 5.76. The van der Waals surface area contributed by atoms with Crippen molar-refractivity contribution in [2.24, 2.45) is 11.8 Å². The molecular weight excluding hydrogens is 294 g/mol. The average molecular weight is 321 g/mol. The number of carbonyl (C=O) groups excluding carboxylic acids is 1. The highest BCUT2D eigenvalue weighted by Crippen LogP contribution is 2.19. The molecule has 0 aliphatic heterocycles. The Balaban J connectivity index is 2.49. The molecule has 0 aliphatic carbocycles. The fourth-order valence-corrected chi connectivity index (χ4v) is 2.59. The summed E-state index contributed by atoms with van der Waals surface area (Å²) in [6, 6.07) is 6.99. The van der Waals surface area contributed by atoms with Crippen molar-refractivity contribution in [1.82, 2.24) is 5.32 Å². The van der Waals surface area contributed by atoms with Gasteiger partial charge in [0, 0.05) is 6.42 Å². The van der Waals surface area contributed by atoms with Gasteiger partial charge in [0.15, 0.2) is 6.61 Å². The molecule has 2 atom stereocenters. The first-order valence-corrected chi connectivity index (χ1v) is 8.01. The molecule has 128 valence electrons. The van der Waals surface area contributed by atoms with Crippen LogP contribution in [0.15, 0.2) is 24.3 Å². The molecule has 0 aromatic heterocycles. The molecule has 1 aromatic rings. The lowest BCUT2D eigenvalue weighted by Gasteiger charge is -2.18. The maximum atomic E-state index is 12.1. The standard InChI is InChI=1S/C18H27NO4/c1-12(2)9-13(3)10-17(20)19-14(4)15-5-7-16(8-6-15)23-11-18(21)22/h5-8,12-14H,9-11H2,1-4H3,(H,19,20)(H,21,22). The molecule has 2 N–H and O–H groups in total. The molecular formula is C18H27NO4. The third-order valence-corrected chi connectivity index (χ3v) is 3.53. The normalized spacial score (nSPS) is 13.4. The van der Waals surface area contributed by atoms with Crippen LogP contribution in [0.1, 0.15) is 52.1 Å². The molecule has 0 radical (unpaired) electrons. The SMILES string of the molecule is CC(C)CC(C)CC(=O)NC(C)c1ccc(OCC(=O)O)cc1. The molecule has 0 aliphatic rings. The summed E-state index contributed by atoms with van der Waals surface area (Å²) in [7, 11) is 0. The molecule has 1 aromatic carbocycles. The summed E-state index contributed by atoms with van der Waals surface area (Å²) < 4.78 is 5.09. The Labute approximate surface area is 138 Å². The fraction of sp³-hybridized carbons (Fsp3) is 0.556. The lowest BCUT2D eigenvalue weighted by Crippen LogP contribution is -2.28.